The Morgan fingerprint density at radius 2 is 2.18 bits per heavy atom. The Bertz CT molecular complexity index is 770. The normalized spacial score (nSPS) is 10.6. The van der Waals surface area contributed by atoms with E-state index in [0.717, 1.165) is 10.0 Å². The van der Waals surface area contributed by atoms with Gasteiger partial charge < -0.3 is 5.32 Å². The van der Waals surface area contributed by atoms with E-state index in [0.29, 0.717) is 11.5 Å². The van der Waals surface area contributed by atoms with E-state index < -0.39 is 0 Å². The van der Waals surface area contributed by atoms with Crippen LogP contribution in [0.1, 0.15) is 16.3 Å². The summed E-state index contributed by atoms with van der Waals surface area (Å²) in [5.74, 6) is 0.319. The minimum Gasteiger partial charge on any atom is -0.343 e. The molecule has 1 amide bonds. The molecule has 0 unspecified atom stereocenters. The lowest BCUT2D eigenvalue weighted by atomic mass is 10.3. The van der Waals surface area contributed by atoms with Crippen LogP contribution < -0.4 is 5.32 Å². The van der Waals surface area contributed by atoms with Crippen molar-refractivity contribution < 1.29 is 4.79 Å². The average Bonchev–Trinajstić information content (AvgIpc) is 3.22. The average molecular weight is 332 g/mol. The van der Waals surface area contributed by atoms with Gasteiger partial charge in [0.05, 0.1) is 12.2 Å². The van der Waals surface area contributed by atoms with E-state index in [1.54, 1.807) is 10.1 Å². The highest BCUT2D eigenvalue weighted by Gasteiger charge is 2.13. The Kier molecular flexibility index (Phi) is 4.45. The lowest BCUT2D eigenvalue weighted by molar-refractivity contribution is 0.0945. The van der Waals surface area contributed by atoms with Crippen molar-refractivity contribution in [1.82, 2.24) is 30.5 Å². The number of aromatic nitrogens is 5. The molecule has 2 heterocycles. The van der Waals surface area contributed by atoms with Gasteiger partial charge in [0.15, 0.2) is 5.82 Å². The van der Waals surface area contributed by atoms with Gasteiger partial charge in [-0.05, 0) is 28.8 Å². The number of rotatable bonds is 5. The van der Waals surface area contributed by atoms with Crippen molar-refractivity contribution in [3.8, 4) is 5.69 Å². The highest BCUT2D eigenvalue weighted by atomic mass is 32.2. The molecule has 0 aliphatic heterocycles. The zero-order chi connectivity index (χ0) is 15.4. The molecule has 1 aromatic carbocycles. The number of thiazole rings is 1. The molecule has 0 aliphatic rings. The van der Waals surface area contributed by atoms with Crippen molar-refractivity contribution >= 4 is 29.0 Å². The van der Waals surface area contributed by atoms with E-state index in [9.17, 15) is 4.79 Å². The quantitative estimate of drug-likeness (QED) is 0.717. The fourth-order valence-electron chi connectivity index (χ4n) is 1.79. The maximum atomic E-state index is 12.1. The zero-order valence-corrected chi connectivity index (χ0v) is 13.3. The fourth-order valence-corrected chi connectivity index (χ4v) is 3.03. The first-order chi connectivity index (χ1) is 10.8. The Morgan fingerprint density at radius 3 is 2.91 bits per heavy atom. The number of nitrogens with zero attached hydrogens (tertiary/aromatic N) is 5. The second kappa shape index (κ2) is 6.67. The minimum atomic E-state index is -0.237. The van der Waals surface area contributed by atoms with Gasteiger partial charge in [-0.3, -0.25) is 4.79 Å². The molecule has 3 rings (SSSR count). The number of para-hydroxylation sites is 1. The minimum absolute atomic E-state index is 0.229. The van der Waals surface area contributed by atoms with E-state index in [4.69, 9.17) is 0 Å². The van der Waals surface area contributed by atoms with Crippen molar-refractivity contribution in [2.75, 3.05) is 6.26 Å². The van der Waals surface area contributed by atoms with Gasteiger partial charge in [-0.2, -0.15) is 4.68 Å². The Balaban J connectivity index is 1.70. The summed E-state index contributed by atoms with van der Waals surface area (Å²) in [6.45, 7) is 0.229. The smallest absolute Gasteiger partial charge is 0.271 e. The van der Waals surface area contributed by atoms with E-state index in [2.05, 4.69) is 25.8 Å². The van der Waals surface area contributed by atoms with Crippen LogP contribution in [0.2, 0.25) is 0 Å². The van der Waals surface area contributed by atoms with Gasteiger partial charge in [0, 0.05) is 5.38 Å². The van der Waals surface area contributed by atoms with Crippen molar-refractivity contribution in [1.29, 1.82) is 0 Å². The molecule has 0 bridgehead atoms. The van der Waals surface area contributed by atoms with Crippen LogP contribution in [0, 0.1) is 0 Å². The van der Waals surface area contributed by atoms with Crippen LogP contribution >= 0.6 is 23.1 Å². The summed E-state index contributed by atoms with van der Waals surface area (Å²) in [6, 6.07) is 9.51. The molecule has 0 saturated heterocycles. The number of carbonyl (C=O) groups excluding carboxylic acids is 1. The number of amides is 1. The second-order valence-electron chi connectivity index (χ2n) is 4.23. The van der Waals surface area contributed by atoms with E-state index in [1.165, 1.54) is 23.1 Å². The SMILES string of the molecule is CSc1nc(C(=O)NCc2nnnn2-c2ccccc2)cs1. The summed E-state index contributed by atoms with van der Waals surface area (Å²) in [4.78, 5) is 16.3. The highest BCUT2D eigenvalue weighted by molar-refractivity contribution is 8.00. The van der Waals surface area contributed by atoms with Gasteiger partial charge in [0.25, 0.3) is 5.91 Å². The molecule has 9 heteroatoms. The molecular formula is C13H12N6OS2. The van der Waals surface area contributed by atoms with Crippen LogP contribution in [0.5, 0.6) is 0 Å². The third-order valence-corrected chi connectivity index (χ3v) is 4.70. The highest BCUT2D eigenvalue weighted by Crippen LogP contribution is 2.19. The van der Waals surface area contributed by atoms with Crippen LogP contribution in [0.15, 0.2) is 40.1 Å². The molecule has 0 atom stereocenters. The maximum absolute atomic E-state index is 12.1. The molecular weight excluding hydrogens is 320 g/mol. The van der Waals surface area contributed by atoms with E-state index in [1.807, 2.05) is 36.6 Å². The van der Waals surface area contributed by atoms with E-state index in [-0.39, 0.29) is 12.5 Å². The summed E-state index contributed by atoms with van der Waals surface area (Å²) in [5.41, 5.74) is 1.25. The molecule has 7 nitrogen and oxygen atoms in total. The first-order valence-electron chi connectivity index (χ1n) is 6.38. The summed E-state index contributed by atoms with van der Waals surface area (Å²) < 4.78 is 2.45. The topological polar surface area (TPSA) is 85.6 Å². The van der Waals surface area contributed by atoms with Crippen molar-refractivity contribution in [3.63, 3.8) is 0 Å². The summed E-state index contributed by atoms with van der Waals surface area (Å²) in [6.07, 6.45) is 1.93. The third kappa shape index (κ3) is 3.15. The first kappa shape index (κ1) is 14.7. The largest absolute Gasteiger partial charge is 0.343 e. The predicted molar refractivity (Wildman–Crippen MR) is 84.2 cm³/mol. The molecule has 0 radical (unpaired) electrons. The Labute approximate surface area is 134 Å². The molecule has 3 aromatic rings. The summed E-state index contributed by atoms with van der Waals surface area (Å²) in [7, 11) is 0. The van der Waals surface area contributed by atoms with Crippen LogP contribution in [0.25, 0.3) is 5.69 Å². The molecule has 0 aliphatic carbocycles. The van der Waals surface area contributed by atoms with Gasteiger partial charge in [-0.15, -0.1) is 16.4 Å². The second-order valence-corrected chi connectivity index (χ2v) is 6.14. The maximum Gasteiger partial charge on any atom is 0.271 e. The Hall–Kier alpha value is -2.26. The standard InChI is InChI=1S/C13H12N6OS2/c1-21-13-15-10(8-22-13)12(20)14-7-11-16-17-18-19(11)9-5-3-2-4-6-9/h2-6,8H,7H2,1H3,(H,14,20). The number of tetrazole rings is 1. The predicted octanol–water partition coefficient (Wildman–Crippen LogP) is 1.77. The molecule has 1 N–H and O–H groups in total. The van der Waals surface area contributed by atoms with E-state index >= 15 is 0 Å². The molecule has 0 saturated carbocycles. The summed E-state index contributed by atoms with van der Waals surface area (Å²) in [5, 5.41) is 16.1. The lowest BCUT2D eigenvalue weighted by Gasteiger charge is -2.05. The van der Waals surface area contributed by atoms with Gasteiger partial charge in [0.1, 0.15) is 10.0 Å². The number of nitrogens with one attached hydrogen (secondary N) is 1. The third-order valence-electron chi connectivity index (χ3n) is 2.83. The van der Waals surface area contributed by atoms with Gasteiger partial charge >= 0.3 is 0 Å². The molecule has 112 valence electrons. The number of hydrogen-bond donors (Lipinski definition) is 1. The van der Waals surface area contributed by atoms with Crippen molar-refractivity contribution in [2.45, 2.75) is 10.9 Å². The molecule has 0 fully saturated rings. The van der Waals surface area contributed by atoms with Gasteiger partial charge in [-0.1, -0.05) is 30.0 Å². The number of benzene rings is 1. The van der Waals surface area contributed by atoms with Crippen LogP contribution in [0.4, 0.5) is 0 Å². The molecule has 2 aromatic heterocycles. The van der Waals surface area contributed by atoms with Crippen LogP contribution in [-0.2, 0) is 6.54 Å². The lowest BCUT2D eigenvalue weighted by Crippen LogP contribution is -2.25. The van der Waals surface area contributed by atoms with Crippen LogP contribution in [-0.4, -0.2) is 37.4 Å². The summed E-state index contributed by atoms with van der Waals surface area (Å²) >= 11 is 2.96. The van der Waals surface area contributed by atoms with Crippen LogP contribution in [0.3, 0.4) is 0 Å². The number of thioether (sulfide) groups is 1. The van der Waals surface area contributed by atoms with Gasteiger partial charge in [-0.25, -0.2) is 4.98 Å². The Morgan fingerprint density at radius 1 is 1.36 bits per heavy atom. The van der Waals surface area contributed by atoms with Gasteiger partial charge in [0.2, 0.25) is 0 Å². The fraction of sp³-hybridized carbons (Fsp3) is 0.154. The number of carbonyl (C=O) groups is 1. The van der Waals surface area contributed by atoms with Crippen molar-refractivity contribution in [3.05, 3.63) is 47.2 Å². The number of hydrogen-bond acceptors (Lipinski definition) is 7. The van der Waals surface area contributed by atoms with Crippen molar-refractivity contribution in [2.24, 2.45) is 0 Å². The monoisotopic (exact) mass is 332 g/mol. The molecule has 0 spiro atoms. The molecule has 22 heavy (non-hydrogen) atoms. The first-order valence-corrected chi connectivity index (χ1v) is 8.49. The zero-order valence-electron chi connectivity index (χ0n) is 11.6.